The highest BCUT2D eigenvalue weighted by Crippen LogP contribution is 2.35. The minimum atomic E-state index is -3.26. The fourth-order valence-corrected chi connectivity index (χ4v) is 4.79. The molecule has 0 aliphatic carbocycles. The Hall–Kier alpha value is -2.18. The predicted octanol–water partition coefficient (Wildman–Crippen LogP) is 3.15. The van der Waals surface area contributed by atoms with Crippen molar-refractivity contribution in [2.24, 2.45) is 5.92 Å². The second-order valence-electron chi connectivity index (χ2n) is 8.13. The van der Waals surface area contributed by atoms with Crippen molar-refractivity contribution < 1.29 is 18.3 Å². The average Bonchev–Trinajstić information content (AvgIpc) is 2.68. The van der Waals surface area contributed by atoms with Gasteiger partial charge in [-0.3, -0.25) is 4.79 Å². The second-order valence-corrected chi connectivity index (χ2v) is 10.1. The van der Waals surface area contributed by atoms with Gasteiger partial charge < -0.3 is 10.0 Å². The summed E-state index contributed by atoms with van der Waals surface area (Å²) < 4.78 is 23.6. The molecule has 29 heavy (non-hydrogen) atoms. The van der Waals surface area contributed by atoms with Crippen LogP contribution in [-0.4, -0.2) is 50.3 Å². The summed E-state index contributed by atoms with van der Waals surface area (Å²) in [5, 5.41) is 11.0. The number of amides is 1. The fraction of sp³-hybridized carbons (Fsp3) is 0.435. The van der Waals surface area contributed by atoms with Crippen LogP contribution in [0.3, 0.4) is 0 Å². The molecule has 1 heterocycles. The van der Waals surface area contributed by atoms with Crippen molar-refractivity contribution in [1.29, 1.82) is 0 Å². The molecule has 5 nitrogen and oxygen atoms in total. The molecule has 1 aliphatic heterocycles. The molecule has 2 aromatic carbocycles. The highest BCUT2D eigenvalue weighted by Gasteiger charge is 2.31. The van der Waals surface area contributed by atoms with Gasteiger partial charge in [-0.15, -0.1) is 0 Å². The van der Waals surface area contributed by atoms with Crippen molar-refractivity contribution in [2.75, 3.05) is 19.8 Å². The van der Waals surface area contributed by atoms with Gasteiger partial charge in [0.15, 0.2) is 9.84 Å². The lowest BCUT2D eigenvalue weighted by atomic mass is 9.80. The first kappa shape index (κ1) is 21.5. The highest BCUT2D eigenvalue weighted by atomic mass is 32.2. The second kappa shape index (κ2) is 8.67. The number of carbonyl (C=O) groups is 1. The largest absolute Gasteiger partial charge is 0.393 e. The van der Waals surface area contributed by atoms with Crippen LogP contribution in [0.2, 0.25) is 0 Å². The number of piperidine rings is 1. The number of rotatable bonds is 6. The zero-order chi connectivity index (χ0) is 21.2. The molecular weight excluding hydrogens is 386 g/mol. The Morgan fingerprint density at radius 2 is 1.79 bits per heavy atom. The summed E-state index contributed by atoms with van der Waals surface area (Å²) in [7, 11) is -1.47. The third-order valence-corrected chi connectivity index (χ3v) is 7.09. The van der Waals surface area contributed by atoms with Gasteiger partial charge in [0.25, 0.3) is 0 Å². The van der Waals surface area contributed by atoms with Crippen molar-refractivity contribution in [3.05, 3.63) is 65.2 Å². The number of hydrogen-bond donors (Lipinski definition) is 1. The lowest BCUT2D eigenvalue weighted by molar-refractivity contribution is -0.134. The number of aliphatic hydroxyl groups is 1. The molecule has 0 bridgehead atoms. The minimum Gasteiger partial charge on any atom is -0.393 e. The molecule has 1 fully saturated rings. The number of likely N-dealkylation sites (tertiary alicyclic amines) is 1. The number of sulfone groups is 1. The summed E-state index contributed by atoms with van der Waals surface area (Å²) in [6, 6.07) is 15.0. The van der Waals surface area contributed by atoms with Crippen molar-refractivity contribution in [1.82, 2.24) is 4.90 Å². The Labute approximate surface area is 173 Å². The topological polar surface area (TPSA) is 74.7 Å². The molecule has 1 unspecified atom stereocenters. The van der Waals surface area contributed by atoms with E-state index in [1.165, 1.54) is 6.26 Å². The van der Waals surface area contributed by atoms with E-state index >= 15 is 0 Å². The van der Waals surface area contributed by atoms with Gasteiger partial charge in [0.1, 0.15) is 0 Å². The van der Waals surface area contributed by atoms with Crippen LogP contribution >= 0.6 is 0 Å². The number of carbonyl (C=O) groups excluding carboxylic acids is 1. The molecule has 156 valence electrons. The smallest absolute Gasteiger partial charge is 0.222 e. The van der Waals surface area contributed by atoms with Crippen LogP contribution in [0.1, 0.15) is 41.9 Å². The van der Waals surface area contributed by atoms with Crippen LogP contribution in [0, 0.1) is 12.8 Å². The maximum Gasteiger partial charge on any atom is 0.222 e. The van der Waals surface area contributed by atoms with E-state index in [9.17, 15) is 18.3 Å². The summed E-state index contributed by atoms with van der Waals surface area (Å²) in [5.74, 6) is 0.113. The molecule has 3 atom stereocenters. The van der Waals surface area contributed by atoms with E-state index in [4.69, 9.17) is 0 Å². The van der Waals surface area contributed by atoms with Crippen LogP contribution in [-0.2, 0) is 14.6 Å². The van der Waals surface area contributed by atoms with Crippen LogP contribution in [0.4, 0.5) is 0 Å². The number of hydrogen-bond acceptors (Lipinski definition) is 4. The van der Waals surface area contributed by atoms with Crippen LogP contribution < -0.4 is 0 Å². The van der Waals surface area contributed by atoms with E-state index in [1.807, 2.05) is 37.3 Å². The third-order valence-electron chi connectivity index (χ3n) is 5.96. The normalized spacial score (nSPS) is 19.8. The number of nitrogens with zero attached hydrogens (tertiary/aromatic N) is 1. The van der Waals surface area contributed by atoms with E-state index in [0.717, 1.165) is 16.7 Å². The van der Waals surface area contributed by atoms with Crippen molar-refractivity contribution in [3.8, 4) is 0 Å². The Kier molecular flexibility index (Phi) is 6.44. The zero-order valence-electron chi connectivity index (χ0n) is 17.2. The monoisotopic (exact) mass is 415 g/mol. The lowest BCUT2D eigenvalue weighted by Gasteiger charge is -2.34. The quantitative estimate of drug-likeness (QED) is 0.786. The van der Waals surface area contributed by atoms with Gasteiger partial charge in [0.05, 0.1) is 11.0 Å². The molecule has 3 rings (SSSR count). The molecule has 1 saturated heterocycles. The molecule has 2 aromatic rings. The van der Waals surface area contributed by atoms with Crippen molar-refractivity contribution in [2.45, 2.75) is 43.1 Å². The first-order valence-electron chi connectivity index (χ1n) is 9.94. The number of aliphatic hydroxyl groups excluding tert-OH is 1. The summed E-state index contributed by atoms with van der Waals surface area (Å²) >= 11 is 0. The van der Waals surface area contributed by atoms with Crippen LogP contribution in [0.25, 0.3) is 0 Å². The molecule has 1 amide bonds. The summed E-state index contributed by atoms with van der Waals surface area (Å²) in [5.41, 5.74) is 3.23. The zero-order valence-corrected chi connectivity index (χ0v) is 18.0. The maximum absolute atomic E-state index is 11.8. The average molecular weight is 416 g/mol. The summed E-state index contributed by atoms with van der Waals surface area (Å²) in [6.07, 6.45) is 2.33. The fourth-order valence-electron chi connectivity index (χ4n) is 4.16. The highest BCUT2D eigenvalue weighted by molar-refractivity contribution is 7.90. The SMILES string of the molecule is Cc1ccccc1[C@H](C[C@@H](O)C1CCC(=O)N(C)C1)c1ccc(S(C)(=O)=O)cc1. The summed E-state index contributed by atoms with van der Waals surface area (Å²) in [4.78, 5) is 13.8. The molecular formula is C23H29NO4S. The van der Waals surface area contributed by atoms with E-state index in [-0.39, 0.29) is 22.6 Å². The van der Waals surface area contributed by atoms with Gasteiger partial charge in [0.2, 0.25) is 5.91 Å². The Morgan fingerprint density at radius 3 is 2.38 bits per heavy atom. The van der Waals surface area contributed by atoms with Crippen LogP contribution in [0.15, 0.2) is 53.4 Å². The standard InChI is InChI=1S/C23H29NO4S/c1-16-6-4-5-7-20(16)21(17-8-11-19(12-9-17)29(3,27)28)14-22(25)18-10-13-23(26)24(2)15-18/h4-9,11-12,18,21-22,25H,10,13-15H2,1-3H3/t18?,21-,22-/m1/s1. The first-order chi connectivity index (χ1) is 13.7. The number of benzene rings is 2. The van der Waals surface area contributed by atoms with Gasteiger partial charge in [-0.05, 0) is 48.6 Å². The molecule has 1 N–H and O–H groups in total. The van der Waals surface area contributed by atoms with E-state index < -0.39 is 15.9 Å². The summed E-state index contributed by atoms with van der Waals surface area (Å²) in [6.45, 7) is 2.61. The van der Waals surface area contributed by atoms with E-state index in [0.29, 0.717) is 25.8 Å². The molecule has 0 aromatic heterocycles. The van der Waals surface area contributed by atoms with Gasteiger partial charge in [-0.2, -0.15) is 0 Å². The minimum absolute atomic E-state index is 0.0412. The molecule has 0 radical (unpaired) electrons. The predicted molar refractivity (Wildman–Crippen MR) is 114 cm³/mol. The Balaban J connectivity index is 1.90. The van der Waals surface area contributed by atoms with Gasteiger partial charge >= 0.3 is 0 Å². The van der Waals surface area contributed by atoms with E-state index in [1.54, 1.807) is 24.1 Å². The number of aryl methyl sites for hydroxylation is 1. The van der Waals surface area contributed by atoms with Crippen molar-refractivity contribution >= 4 is 15.7 Å². The first-order valence-corrected chi connectivity index (χ1v) is 11.8. The van der Waals surface area contributed by atoms with Crippen molar-refractivity contribution in [3.63, 3.8) is 0 Å². The third kappa shape index (κ3) is 5.06. The Bertz CT molecular complexity index is 969. The molecule has 1 aliphatic rings. The van der Waals surface area contributed by atoms with E-state index in [2.05, 4.69) is 6.07 Å². The van der Waals surface area contributed by atoms with Gasteiger partial charge in [0, 0.05) is 38.1 Å². The van der Waals surface area contributed by atoms with Gasteiger partial charge in [-0.1, -0.05) is 36.4 Å². The van der Waals surface area contributed by atoms with Crippen LogP contribution in [0.5, 0.6) is 0 Å². The lowest BCUT2D eigenvalue weighted by Crippen LogP contribution is -2.41. The van der Waals surface area contributed by atoms with Gasteiger partial charge in [-0.25, -0.2) is 8.42 Å². The molecule has 6 heteroatoms. The molecule has 0 spiro atoms. The maximum atomic E-state index is 11.8. The Morgan fingerprint density at radius 1 is 1.14 bits per heavy atom. The molecule has 0 saturated carbocycles.